The maximum atomic E-state index is 13.9. The maximum Gasteiger partial charge on any atom is 0.236 e. The standard InChI is InChI=1S/C40H47N3O5/c1-30-12-5-10-20-38(30)48-23-11-17-33-28-43(22-21-32(33)24-39(46)41-25-31-13-3-2-4-14-31)40(47)29-42(26-34-15-6-8-18-36(34)44)27-35-16-7-9-19-37(35)45/h2-10,12-16,18-20,32-33,44-45H,11,17,21-29H2,1H3,(H,41,46)/t32-,33-/m0/s1. The van der Waals surface area contributed by atoms with Gasteiger partial charge in [0.15, 0.2) is 0 Å². The lowest BCUT2D eigenvalue weighted by Crippen LogP contribution is -2.48. The van der Waals surface area contributed by atoms with Crippen LogP contribution in [0.5, 0.6) is 17.2 Å². The number of nitrogens with one attached hydrogen (secondary N) is 1. The fourth-order valence-corrected chi connectivity index (χ4v) is 6.49. The van der Waals surface area contributed by atoms with Gasteiger partial charge in [-0.2, -0.15) is 0 Å². The molecule has 0 radical (unpaired) electrons. The van der Waals surface area contributed by atoms with Crippen molar-refractivity contribution in [2.75, 3.05) is 26.2 Å². The molecule has 252 valence electrons. The molecule has 3 N–H and O–H groups in total. The number of amides is 2. The lowest BCUT2D eigenvalue weighted by molar-refractivity contribution is -0.135. The van der Waals surface area contributed by atoms with Gasteiger partial charge in [-0.3, -0.25) is 14.5 Å². The molecule has 2 atom stereocenters. The average molecular weight is 650 g/mol. The van der Waals surface area contributed by atoms with Crippen LogP contribution in [0.15, 0.2) is 103 Å². The van der Waals surface area contributed by atoms with Crippen molar-refractivity contribution in [1.29, 1.82) is 0 Å². The number of likely N-dealkylation sites (tertiary alicyclic amines) is 1. The monoisotopic (exact) mass is 649 g/mol. The molecule has 4 aromatic rings. The lowest BCUT2D eigenvalue weighted by atomic mass is 9.80. The van der Waals surface area contributed by atoms with Gasteiger partial charge in [0, 0.05) is 50.3 Å². The zero-order valence-electron chi connectivity index (χ0n) is 27.8. The Bertz CT molecular complexity index is 1580. The van der Waals surface area contributed by atoms with E-state index in [2.05, 4.69) is 5.32 Å². The first-order chi connectivity index (χ1) is 23.4. The second-order valence-corrected chi connectivity index (χ2v) is 12.8. The highest BCUT2D eigenvalue weighted by atomic mass is 16.5. The number of piperidine rings is 1. The minimum absolute atomic E-state index is 0.00557. The molecule has 0 saturated carbocycles. The van der Waals surface area contributed by atoms with Crippen LogP contribution in [0.3, 0.4) is 0 Å². The van der Waals surface area contributed by atoms with E-state index in [0.717, 1.165) is 36.1 Å². The molecule has 0 spiro atoms. The SMILES string of the molecule is Cc1ccccc1OCCC[C@H]1CN(C(=O)CN(Cc2ccccc2O)Cc2ccccc2O)CC[C@H]1CC(=O)NCc1ccccc1. The molecular formula is C40H47N3O5. The molecule has 0 aromatic heterocycles. The average Bonchev–Trinajstić information content (AvgIpc) is 3.09. The van der Waals surface area contributed by atoms with Crippen LogP contribution in [0.25, 0.3) is 0 Å². The Morgan fingerprint density at radius 3 is 2.12 bits per heavy atom. The minimum atomic E-state index is -0.00557. The van der Waals surface area contributed by atoms with Crippen molar-refractivity contribution in [3.05, 3.63) is 125 Å². The Kier molecular flexibility index (Phi) is 12.5. The van der Waals surface area contributed by atoms with Gasteiger partial charge >= 0.3 is 0 Å². The number of aryl methyl sites for hydroxylation is 1. The van der Waals surface area contributed by atoms with E-state index >= 15 is 0 Å². The van der Waals surface area contributed by atoms with E-state index in [0.29, 0.717) is 56.9 Å². The number of phenols is 2. The van der Waals surface area contributed by atoms with E-state index < -0.39 is 0 Å². The predicted octanol–water partition coefficient (Wildman–Crippen LogP) is 6.44. The van der Waals surface area contributed by atoms with Crippen molar-refractivity contribution < 1.29 is 24.5 Å². The predicted molar refractivity (Wildman–Crippen MR) is 187 cm³/mol. The Morgan fingerprint density at radius 1 is 0.833 bits per heavy atom. The highest BCUT2D eigenvalue weighted by molar-refractivity contribution is 5.79. The van der Waals surface area contributed by atoms with E-state index in [1.165, 1.54) is 0 Å². The Morgan fingerprint density at radius 2 is 1.46 bits per heavy atom. The zero-order valence-corrected chi connectivity index (χ0v) is 27.8. The summed E-state index contributed by atoms with van der Waals surface area (Å²) in [6.45, 7) is 5.08. The fraction of sp³-hybridized carbons (Fsp3) is 0.350. The molecule has 48 heavy (non-hydrogen) atoms. The third kappa shape index (κ3) is 10.1. The van der Waals surface area contributed by atoms with Crippen molar-refractivity contribution in [3.63, 3.8) is 0 Å². The number of para-hydroxylation sites is 3. The highest BCUT2D eigenvalue weighted by Gasteiger charge is 2.33. The molecule has 1 aliphatic heterocycles. The highest BCUT2D eigenvalue weighted by Crippen LogP contribution is 2.31. The van der Waals surface area contributed by atoms with Gasteiger partial charge in [-0.15, -0.1) is 0 Å². The first-order valence-electron chi connectivity index (χ1n) is 16.9. The third-order valence-electron chi connectivity index (χ3n) is 9.22. The topological polar surface area (TPSA) is 102 Å². The summed E-state index contributed by atoms with van der Waals surface area (Å²) >= 11 is 0. The van der Waals surface area contributed by atoms with E-state index in [9.17, 15) is 19.8 Å². The fourth-order valence-electron chi connectivity index (χ4n) is 6.49. The molecule has 1 heterocycles. The second kappa shape index (κ2) is 17.4. The van der Waals surface area contributed by atoms with Crippen LogP contribution >= 0.6 is 0 Å². The summed E-state index contributed by atoms with van der Waals surface area (Å²) in [5, 5.41) is 24.0. The van der Waals surface area contributed by atoms with Crippen LogP contribution in [0.4, 0.5) is 0 Å². The van der Waals surface area contributed by atoms with Crippen molar-refractivity contribution in [3.8, 4) is 17.2 Å². The second-order valence-electron chi connectivity index (χ2n) is 12.8. The first kappa shape index (κ1) is 34.5. The normalized spacial score (nSPS) is 16.1. The van der Waals surface area contributed by atoms with Gasteiger partial charge in [0.05, 0.1) is 13.2 Å². The lowest BCUT2D eigenvalue weighted by Gasteiger charge is -2.39. The van der Waals surface area contributed by atoms with Gasteiger partial charge in [-0.05, 0) is 67.3 Å². The number of carbonyl (C=O) groups excluding carboxylic acids is 2. The van der Waals surface area contributed by atoms with Gasteiger partial charge in [-0.1, -0.05) is 84.9 Å². The summed E-state index contributed by atoms with van der Waals surface area (Å²) in [5.41, 5.74) is 3.59. The Hall–Kier alpha value is -4.82. The van der Waals surface area contributed by atoms with E-state index in [-0.39, 0.29) is 41.7 Å². The van der Waals surface area contributed by atoms with Crippen LogP contribution in [-0.2, 0) is 29.2 Å². The molecular weight excluding hydrogens is 602 g/mol. The molecule has 0 unspecified atom stereocenters. The Labute approximate surface area is 284 Å². The molecule has 1 fully saturated rings. The molecule has 0 aliphatic carbocycles. The van der Waals surface area contributed by atoms with E-state index in [1.807, 2.05) is 95.6 Å². The number of aromatic hydroxyl groups is 2. The quantitative estimate of drug-likeness (QED) is 0.128. The molecule has 4 aromatic carbocycles. The van der Waals surface area contributed by atoms with Gasteiger partial charge in [0.25, 0.3) is 0 Å². The number of carbonyl (C=O) groups is 2. The van der Waals surface area contributed by atoms with Crippen LogP contribution < -0.4 is 10.1 Å². The first-order valence-corrected chi connectivity index (χ1v) is 16.9. The number of hydrogen-bond donors (Lipinski definition) is 3. The minimum Gasteiger partial charge on any atom is -0.508 e. The molecule has 0 bridgehead atoms. The van der Waals surface area contributed by atoms with Crippen LogP contribution in [0, 0.1) is 18.8 Å². The maximum absolute atomic E-state index is 13.9. The summed E-state index contributed by atoms with van der Waals surface area (Å²) < 4.78 is 6.08. The number of benzene rings is 4. The van der Waals surface area contributed by atoms with Gasteiger partial charge in [0.2, 0.25) is 11.8 Å². The molecule has 2 amide bonds. The van der Waals surface area contributed by atoms with Crippen molar-refractivity contribution in [1.82, 2.24) is 15.1 Å². The number of phenolic OH excluding ortho intramolecular Hbond substituents is 2. The van der Waals surface area contributed by atoms with Crippen LogP contribution in [0.2, 0.25) is 0 Å². The van der Waals surface area contributed by atoms with E-state index in [1.54, 1.807) is 24.3 Å². The number of nitrogens with zero attached hydrogens (tertiary/aromatic N) is 2. The number of ether oxygens (including phenoxy) is 1. The summed E-state index contributed by atoms with van der Waals surface area (Å²) in [7, 11) is 0. The number of hydrogen-bond acceptors (Lipinski definition) is 6. The summed E-state index contributed by atoms with van der Waals surface area (Å²) in [6.07, 6.45) is 2.82. The molecule has 8 nitrogen and oxygen atoms in total. The van der Waals surface area contributed by atoms with Gasteiger partial charge < -0.3 is 25.2 Å². The molecule has 8 heteroatoms. The molecule has 5 rings (SSSR count). The molecule has 1 aliphatic rings. The van der Waals surface area contributed by atoms with E-state index in [4.69, 9.17) is 4.74 Å². The largest absolute Gasteiger partial charge is 0.508 e. The van der Waals surface area contributed by atoms with Crippen LogP contribution in [0.1, 0.15) is 47.9 Å². The third-order valence-corrected chi connectivity index (χ3v) is 9.22. The van der Waals surface area contributed by atoms with Crippen molar-refractivity contribution in [2.45, 2.75) is 52.2 Å². The zero-order chi connectivity index (χ0) is 33.7. The van der Waals surface area contributed by atoms with Crippen molar-refractivity contribution in [2.24, 2.45) is 11.8 Å². The van der Waals surface area contributed by atoms with Gasteiger partial charge in [-0.25, -0.2) is 0 Å². The summed E-state index contributed by atoms with van der Waals surface area (Å²) in [4.78, 5) is 30.9. The smallest absolute Gasteiger partial charge is 0.236 e. The summed E-state index contributed by atoms with van der Waals surface area (Å²) in [5.74, 6) is 1.55. The van der Waals surface area contributed by atoms with Crippen molar-refractivity contribution >= 4 is 11.8 Å². The Balaban J connectivity index is 1.24. The van der Waals surface area contributed by atoms with Gasteiger partial charge in [0.1, 0.15) is 17.2 Å². The molecule has 1 saturated heterocycles. The number of rotatable bonds is 15. The summed E-state index contributed by atoms with van der Waals surface area (Å²) in [6, 6.07) is 32.1. The van der Waals surface area contributed by atoms with Crippen LogP contribution in [-0.4, -0.2) is 58.1 Å².